The van der Waals surface area contributed by atoms with E-state index in [4.69, 9.17) is 0 Å². The summed E-state index contributed by atoms with van der Waals surface area (Å²) in [6, 6.07) is 0. The average molecular weight is 294 g/mol. The Hall–Kier alpha value is -1.92. The van der Waals surface area contributed by atoms with E-state index in [-0.39, 0.29) is 12.5 Å². The third-order valence-electron chi connectivity index (χ3n) is 4.35. The summed E-state index contributed by atoms with van der Waals surface area (Å²) < 4.78 is 1.85. The first-order chi connectivity index (χ1) is 10.1. The smallest absolute Gasteiger partial charge is 0.307 e. The number of nitrogens with zero attached hydrogens (tertiary/aromatic N) is 3. The van der Waals surface area contributed by atoms with Gasteiger partial charge in [0.1, 0.15) is 6.33 Å². The molecule has 1 aromatic rings. The van der Waals surface area contributed by atoms with Crippen LogP contribution in [0, 0.1) is 17.8 Å². The molecule has 21 heavy (non-hydrogen) atoms. The van der Waals surface area contributed by atoms with Crippen LogP contribution in [0.5, 0.6) is 0 Å². The van der Waals surface area contributed by atoms with Crippen molar-refractivity contribution in [2.45, 2.75) is 46.2 Å². The van der Waals surface area contributed by atoms with E-state index in [1.807, 2.05) is 18.4 Å². The Kier molecular flexibility index (Phi) is 4.93. The lowest BCUT2D eigenvalue weighted by atomic mass is 9.95. The van der Waals surface area contributed by atoms with Crippen LogP contribution >= 0.6 is 0 Å². The van der Waals surface area contributed by atoms with E-state index in [1.54, 1.807) is 6.33 Å². The molecule has 7 nitrogen and oxygen atoms in total. The zero-order valence-electron chi connectivity index (χ0n) is 12.5. The standard InChI is InChI=1S/C14H22N4O3/c1-3-9-5-10(11(6-9)14(20)21)13(19)15-7-12-17-16-8-18(12)4-2/h8-11H,3-7H2,1-2H3,(H,15,19)(H,20,21)/t9?,10-,11+/m0/s1. The van der Waals surface area contributed by atoms with E-state index in [9.17, 15) is 14.7 Å². The van der Waals surface area contributed by atoms with E-state index >= 15 is 0 Å². The number of carbonyl (C=O) groups is 2. The van der Waals surface area contributed by atoms with Crippen molar-refractivity contribution in [2.75, 3.05) is 0 Å². The summed E-state index contributed by atoms with van der Waals surface area (Å²) in [5.74, 6) is -1.07. The Morgan fingerprint density at radius 3 is 2.71 bits per heavy atom. The number of rotatable bonds is 6. The fourth-order valence-corrected chi connectivity index (χ4v) is 3.02. The SMILES string of the molecule is CCC1C[C@H](C(=O)NCc2nncn2CC)[C@H](C(=O)O)C1. The van der Waals surface area contributed by atoms with Crippen LogP contribution < -0.4 is 5.32 Å². The van der Waals surface area contributed by atoms with Crippen molar-refractivity contribution in [1.82, 2.24) is 20.1 Å². The molecule has 1 aliphatic rings. The van der Waals surface area contributed by atoms with Crippen LogP contribution in [0.3, 0.4) is 0 Å². The van der Waals surface area contributed by atoms with Crippen LogP contribution in [0.1, 0.15) is 38.9 Å². The van der Waals surface area contributed by atoms with Crippen LogP contribution in [0.25, 0.3) is 0 Å². The molecule has 3 atom stereocenters. The number of nitrogens with one attached hydrogen (secondary N) is 1. The molecule has 2 rings (SSSR count). The van der Waals surface area contributed by atoms with Gasteiger partial charge in [0, 0.05) is 6.54 Å². The molecule has 1 fully saturated rings. The molecule has 1 amide bonds. The van der Waals surface area contributed by atoms with E-state index in [0.29, 0.717) is 24.6 Å². The van der Waals surface area contributed by atoms with Gasteiger partial charge in [-0.15, -0.1) is 10.2 Å². The fourth-order valence-electron chi connectivity index (χ4n) is 3.02. The topological polar surface area (TPSA) is 97.1 Å². The maximum atomic E-state index is 12.3. The minimum atomic E-state index is -0.872. The number of hydrogen-bond donors (Lipinski definition) is 2. The Balaban J connectivity index is 1.97. The molecular formula is C14H22N4O3. The quantitative estimate of drug-likeness (QED) is 0.817. The summed E-state index contributed by atoms with van der Waals surface area (Å²) >= 11 is 0. The van der Waals surface area contributed by atoms with Gasteiger partial charge >= 0.3 is 5.97 Å². The summed E-state index contributed by atoms with van der Waals surface area (Å²) in [6.07, 6.45) is 3.77. The van der Waals surface area contributed by atoms with Crippen LogP contribution in [0.2, 0.25) is 0 Å². The molecular weight excluding hydrogens is 272 g/mol. The highest BCUT2D eigenvalue weighted by Crippen LogP contribution is 2.38. The number of carboxylic acid groups (broad SMARTS) is 1. The Morgan fingerprint density at radius 1 is 1.38 bits per heavy atom. The Labute approximate surface area is 123 Å². The molecule has 1 aromatic heterocycles. The summed E-state index contributed by atoms with van der Waals surface area (Å²) in [7, 11) is 0. The second kappa shape index (κ2) is 6.69. The lowest BCUT2D eigenvalue weighted by Gasteiger charge is -2.15. The summed E-state index contributed by atoms with van der Waals surface area (Å²) in [6.45, 7) is 5.02. The molecule has 1 heterocycles. The first-order valence-corrected chi connectivity index (χ1v) is 7.43. The monoisotopic (exact) mass is 294 g/mol. The second-order valence-electron chi connectivity index (χ2n) is 5.55. The molecule has 2 N–H and O–H groups in total. The van der Waals surface area contributed by atoms with Gasteiger partial charge in [-0.05, 0) is 25.7 Å². The summed E-state index contributed by atoms with van der Waals surface area (Å²) in [4.78, 5) is 23.6. The molecule has 0 radical (unpaired) electrons. The highest BCUT2D eigenvalue weighted by Gasteiger charge is 2.42. The molecule has 0 saturated heterocycles. The van der Waals surface area contributed by atoms with Gasteiger partial charge in [-0.1, -0.05) is 13.3 Å². The predicted molar refractivity (Wildman–Crippen MR) is 75.2 cm³/mol. The van der Waals surface area contributed by atoms with Crippen LogP contribution in [0.4, 0.5) is 0 Å². The highest BCUT2D eigenvalue weighted by atomic mass is 16.4. The number of carboxylic acids is 1. The molecule has 0 aromatic carbocycles. The second-order valence-corrected chi connectivity index (χ2v) is 5.55. The first-order valence-electron chi connectivity index (χ1n) is 7.43. The third-order valence-corrected chi connectivity index (χ3v) is 4.35. The predicted octanol–water partition coefficient (Wildman–Crippen LogP) is 1.05. The van der Waals surface area contributed by atoms with Gasteiger partial charge in [-0.3, -0.25) is 9.59 Å². The molecule has 7 heteroatoms. The van der Waals surface area contributed by atoms with Gasteiger partial charge in [-0.2, -0.15) is 0 Å². The lowest BCUT2D eigenvalue weighted by molar-refractivity contribution is -0.146. The number of aryl methyl sites for hydroxylation is 1. The minimum Gasteiger partial charge on any atom is -0.481 e. The third kappa shape index (κ3) is 3.40. The van der Waals surface area contributed by atoms with Crippen molar-refractivity contribution < 1.29 is 14.7 Å². The Bertz CT molecular complexity index is 514. The zero-order chi connectivity index (χ0) is 15.4. The maximum absolute atomic E-state index is 12.3. The summed E-state index contributed by atoms with van der Waals surface area (Å²) in [5, 5.41) is 19.8. The van der Waals surface area contributed by atoms with Gasteiger partial charge in [0.25, 0.3) is 0 Å². The molecule has 116 valence electrons. The van der Waals surface area contributed by atoms with Crippen molar-refractivity contribution in [3.05, 3.63) is 12.2 Å². The first kappa shape index (κ1) is 15.5. The van der Waals surface area contributed by atoms with Gasteiger partial charge in [0.05, 0.1) is 18.4 Å². The minimum absolute atomic E-state index is 0.191. The average Bonchev–Trinajstić information content (AvgIpc) is 3.10. The summed E-state index contributed by atoms with van der Waals surface area (Å²) in [5.41, 5.74) is 0. The number of aliphatic carboxylic acids is 1. The van der Waals surface area contributed by atoms with E-state index in [1.165, 1.54) is 0 Å². The number of hydrogen-bond acceptors (Lipinski definition) is 4. The molecule has 1 saturated carbocycles. The van der Waals surface area contributed by atoms with Gasteiger partial charge in [-0.25, -0.2) is 0 Å². The van der Waals surface area contributed by atoms with Crippen molar-refractivity contribution in [1.29, 1.82) is 0 Å². The van der Waals surface area contributed by atoms with E-state index < -0.39 is 17.8 Å². The normalized spacial score (nSPS) is 25.0. The van der Waals surface area contributed by atoms with Crippen LogP contribution in [-0.2, 0) is 22.7 Å². The molecule has 1 aliphatic carbocycles. The molecule has 1 unspecified atom stereocenters. The molecule has 0 spiro atoms. The number of amides is 1. The van der Waals surface area contributed by atoms with Crippen molar-refractivity contribution >= 4 is 11.9 Å². The van der Waals surface area contributed by atoms with Crippen LogP contribution in [-0.4, -0.2) is 31.7 Å². The van der Waals surface area contributed by atoms with Crippen LogP contribution in [0.15, 0.2) is 6.33 Å². The van der Waals surface area contributed by atoms with Gasteiger partial charge in [0.2, 0.25) is 5.91 Å². The van der Waals surface area contributed by atoms with Crippen molar-refractivity contribution in [3.63, 3.8) is 0 Å². The maximum Gasteiger partial charge on any atom is 0.307 e. The molecule has 0 aliphatic heterocycles. The fraction of sp³-hybridized carbons (Fsp3) is 0.714. The lowest BCUT2D eigenvalue weighted by Crippen LogP contribution is -2.35. The Morgan fingerprint density at radius 2 is 2.10 bits per heavy atom. The van der Waals surface area contributed by atoms with Crippen molar-refractivity contribution in [3.8, 4) is 0 Å². The zero-order valence-corrected chi connectivity index (χ0v) is 12.5. The van der Waals surface area contributed by atoms with Gasteiger partial charge < -0.3 is 15.0 Å². The van der Waals surface area contributed by atoms with E-state index in [0.717, 1.165) is 13.0 Å². The molecule has 0 bridgehead atoms. The highest BCUT2D eigenvalue weighted by molar-refractivity contribution is 5.85. The number of aromatic nitrogens is 3. The van der Waals surface area contributed by atoms with E-state index in [2.05, 4.69) is 15.5 Å². The number of carbonyl (C=O) groups excluding carboxylic acids is 1. The van der Waals surface area contributed by atoms with Crippen molar-refractivity contribution in [2.24, 2.45) is 17.8 Å². The van der Waals surface area contributed by atoms with Gasteiger partial charge in [0.15, 0.2) is 5.82 Å². The largest absolute Gasteiger partial charge is 0.481 e.